The van der Waals surface area contributed by atoms with E-state index < -0.39 is 11.5 Å². The summed E-state index contributed by atoms with van der Waals surface area (Å²) in [4.78, 5) is 27.6. The number of carbonyl (C=O) groups is 1. The lowest BCUT2D eigenvalue weighted by molar-refractivity contribution is 0.0600. The average molecular weight is 436 g/mol. The number of aromatic nitrogens is 1. The molecule has 0 amide bonds. The molecule has 1 heterocycles. The number of ether oxygens (including phenoxy) is 1. The topological polar surface area (TPSA) is 83.9 Å². The van der Waals surface area contributed by atoms with Gasteiger partial charge in [0.15, 0.2) is 0 Å². The lowest BCUT2D eigenvalue weighted by Gasteiger charge is -2.13. The second kappa shape index (κ2) is 10.00. The first-order chi connectivity index (χ1) is 14.9. The summed E-state index contributed by atoms with van der Waals surface area (Å²) in [6, 6.07) is 17.9. The molecule has 0 spiro atoms. The molecule has 3 aromatic rings. The van der Waals surface area contributed by atoms with E-state index in [0.29, 0.717) is 34.0 Å². The van der Waals surface area contributed by atoms with Crippen LogP contribution in [0.15, 0.2) is 75.7 Å². The van der Waals surface area contributed by atoms with Crippen LogP contribution in [0.1, 0.15) is 41.8 Å². The van der Waals surface area contributed by atoms with Crippen molar-refractivity contribution in [1.82, 2.24) is 4.98 Å². The number of rotatable bonds is 6. The fourth-order valence-corrected chi connectivity index (χ4v) is 3.31. The molecule has 158 valence electrons. The van der Waals surface area contributed by atoms with Gasteiger partial charge in [-0.2, -0.15) is 10.2 Å². The Morgan fingerprint density at radius 2 is 1.74 bits per heavy atom. The number of aromatic amines is 1. The first-order valence-electron chi connectivity index (χ1n) is 9.73. The van der Waals surface area contributed by atoms with Gasteiger partial charge in [-0.3, -0.25) is 4.79 Å². The van der Waals surface area contributed by atoms with Crippen LogP contribution in [0, 0.1) is 0 Å². The third-order valence-electron chi connectivity index (χ3n) is 4.71. The molecule has 0 fully saturated rings. The molecule has 0 atom stereocenters. The van der Waals surface area contributed by atoms with Crippen molar-refractivity contribution in [3.63, 3.8) is 0 Å². The van der Waals surface area contributed by atoms with Crippen LogP contribution in [-0.4, -0.2) is 29.5 Å². The molecule has 1 aromatic heterocycles. The van der Waals surface area contributed by atoms with Crippen LogP contribution >= 0.6 is 11.6 Å². The van der Waals surface area contributed by atoms with Crippen LogP contribution in [0.4, 0.5) is 0 Å². The summed E-state index contributed by atoms with van der Waals surface area (Å²) in [6.07, 6.45) is 0.681. The highest BCUT2D eigenvalue weighted by molar-refractivity contribution is 6.30. The molecule has 0 unspecified atom stereocenters. The monoisotopic (exact) mass is 435 g/mol. The number of nitrogens with one attached hydrogen (secondary N) is 1. The van der Waals surface area contributed by atoms with Crippen LogP contribution in [0.2, 0.25) is 5.02 Å². The Morgan fingerprint density at radius 3 is 2.35 bits per heavy atom. The van der Waals surface area contributed by atoms with E-state index in [-0.39, 0.29) is 5.56 Å². The number of carbonyl (C=O) groups excluding carboxylic acids is 1. The molecule has 1 N–H and O–H groups in total. The second-order valence-corrected chi connectivity index (χ2v) is 7.18. The smallest absolute Gasteiger partial charge is 0.338 e. The van der Waals surface area contributed by atoms with Gasteiger partial charge >= 0.3 is 5.97 Å². The minimum atomic E-state index is -0.631. The molecule has 2 aromatic carbocycles. The first kappa shape index (κ1) is 22.2. The van der Waals surface area contributed by atoms with Gasteiger partial charge in [0.25, 0.3) is 0 Å². The Hall–Kier alpha value is -3.51. The van der Waals surface area contributed by atoms with Crippen LogP contribution in [0.25, 0.3) is 11.3 Å². The highest BCUT2D eigenvalue weighted by Crippen LogP contribution is 2.26. The Morgan fingerprint density at radius 1 is 1.06 bits per heavy atom. The fourth-order valence-electron chi connectivity index (χ4n) is 3.19. The van der Waals surface area contributed by atoms with E-state index in [0.717, 1.165) is 11.3 Å². The summed E-state index contributed by atoms with van der Waals surface area (Å²) in [5.41, 5.74) is 3.49. The second-order valence-electron chi connectivity index (χ2n) is 6.75. The van der Waals surface area contributed by atoms with Gasteiger partial charge in [-0.1, -0.05) is 61.0 Å². The summed E-state index contributed by atoms with van der Waals surface area (Å²) in [5.74, 6) is -0.631. The minimum absolute atomic E-state index is 0.116. The van der Waals surface area contributed by atoms with Gasteiger partial charge in [-0.25, -0.2) is 4.79 Å². The number of methoxy groups -OCH3 is 1. The maximum atomic E-state index is 12.5. The molecule has 0 aliphatic rings. The quantitative estimate of drug-likeness (QED) is 0.332. The minimum Gasteiger partial charge on any atom is -0.465 e. The van der Waals surface area contributed by atoms with Gasteiger partial charge in [0.1, 0.15) is 0 Å². The Kier molecular flexibility index (Phi) is 7.15. The number of hydrogen-bond donors (Lipinski definition) is 1. The molecular weight excluding hydrogens is 414 g/mol. The Bertz CT molecular complexity index is 1200. The molecule has 0 saturated carbocycles. The van der Waals surface area contributed by atoms with Crippen molar-refractivity contribution in [1.29, 1.82) is 0 Å². The molecule has 3 rings (SSSR count). The van der Waals surface area contributed by atoms with Gasteiger partial charge < -0.3 is 9.72 Å². The molecule has 0 aliphatic heterocycles. The van der Waals surface area contributed by atoms with Crippen molar-refractivity contribution in [2.75, 3.05) is 7.11 Å². The maximum Gasteiger partial charge on any atom is 0.338 e. The SMILES string of the molecule is CC/C(=N/N=C(/C)c1c(C(=O)OC)cc(=O)[nH]c1-c1ccc(Cl)cc1)c1ccccc1. The number of esters is 1. The van der Waals surface area contributed by atoms with E-state index in [1.165, 1.54) is 13.2 Å². The van der Waals surface area contributed by atoms with Crippen LogP contribution < -0.4 is 5.56 Å². The summed E-state index contributed by atoms with van der Waals surface area (Å²) >= 11 is 6.01. The van der Waals surface area contributed by atoms with E-state index in [1.54, 1.807) is 31.2 Å². The Labute approximate surface area is 185 Å². The highest BCUT2D eigenvalue weighted by atomic mass is 35.5. The van der Waals surface area contributed by atoms with Gasteiger partial charge in [0, 0.05) is 16.7 Å². The van der Waals surface area contributed by atoms with E-state index in [9.17, 15) is 9.59 Å². The molecule has 6 nitrogen and oxygen atoms in total. The highest BCUT2D eigenvalue weighted by Gasteiger charge is 2.21. The fraction of sp³-hybridized carbons (Fsp3) is 0.167. The number of nitrogens with zero attached hydrogens (tertiary/aromatic N) is 2. The molecule has 0 radical (unpaired) electrons. The summed E-state index contributed by atoms with van der Waals surface area (Å²) in [7, 11) is 1.27. The molecule has 31 heavy (non-hydrogen) atoms. The molecule has 7 heteroatoms. The summed E-state index contributed by atoms with van der Waals surface area (Å²) in [6.45, 7) is 3.73. The zero-order chi connectivity index (χ0) is 22.4. The molecule has 0 saturated heterocycles. The maximum absolute atomic E-state index is 12.5. The number of hydrogen-bond acceptors (Lipinski definition) is 5. The van der Waals surface area contributed by atoms with E-state index >= 15 is 0 Å². The van der Waals surface area contributed by atoms with E-state index in [2.05, 4.69) is 15.2 Å². The van der Waals surface area contributed by atoms with Gasteiger partial charge in [-0.05, 0) is 36.6 Å². The number of H-pyrrole nitrogens is 1. The van der Waals surface area contributed by atoms with Crippen molar-refractivity contribution >= 4 is 29.0 Å². The lowest BCUT2D eigenvalue weighted by atomic mass is 9.97. The average Bonchev–Trinajstić information content (AvgIpc) is 2.79. The Balaban J connectivity index is 2.20. The van der Waals surface area contributed by atoms with Crippen molar-refractivity contribution in [3.05, 3.63) is 92.7 Å². The number of halogens is 1. The number of pyridine rings is 1. The zero-order valence-electron chi connectivity index (χ0n) is 17.5. The zero-order valence-corrected chi connectivity index (χ0v) is 18.2. The van der Waals surface area contributed by atoms with Crippen LogP contribution in [0.5, 0.6) is 0 Å². The third-order valence-corrected chi connectivity index (χ3v) is 4.96. The largest absolute Gasteiger partial charge is 0.465 e. The molecule has 0 bridgehead atoms. The van der Waals surface area contributed by atoms with Crippen molar-refractivity contribution in [2.45, 2.75) is 20.3 Å². The van der Waals surface area contributed by atoms with Crippen molar-refractivity contribution < 1.29 is 9.53 Å². The lowest BCUT2D eigenvalue weighted by Crippen LogP contribution is -2.18. The predicted molar refractivity (Wildman–Crippen MR) is 124 cm³/mol. The van der Waals surface area contributed by atoms with E-state index in [4.69, 9.17) is 16.3 Å². The van der Waals surface area contributed by atoms with Gasteiger partial charge in [-0.15, -0.1) is 0 Å². The first-order valence-corrected chi connectivity index (χ1v) is 10.1. The van der Waals surface area contributed by atoms with Crippen LogP contribution in [-0.2, 0) is 4.74 Å². The standard InChI is InChI=1S/C24H22ClN3O3/c1-4-20(16-8-6-5-7-9-16)28-27-15(2)22-19(24(30)31-3)14-21(29)26-23(22)17-10-12-18(25)13-11-17/h5-14H,4H2,1-3H3,(H,26,29)/b27-15-,28-20-. The van der Waals surface area contributed by atoms with Crippen LogP contribution in [0.3, 0.4) is 0 Å². The molecular formula is C24H22ClN3O3. The van der Waals surface area contributed by atoms with E-state index in [1.807, 2.05) is 37.3 Å². The van der Waals surface area contributed by atoms with Gasteiger partial charge in [0.05, 0.1) is 29.8 Å². The third kappa shape index (κ3) is 5.16. The molecule has 0 aliphatic carbocycles. The van der Waals surface area contributed by atoms with Crippen molar-refractivity contribution in [2.24, 2.45) is 10.2 Å². The normalized spacial score (nSPS) is 12.0. The predicted octanol–water partition coefficient (Wildman–Crippen LogP) is 5.11. The summed E-state index contributed by atoms with van der Waals surface area (Å²) in [5, 5.41) is 9.38. The van der Waals surface area contributed by atoms with Gasteiger partial charge in [0.2, 0.25) is 5.56 Å². The summed E-state index contributed by atoms with van der Waals surface area (Å²) < 4.78 is 4.90. The number of benzene rings is 2. The van der Waals surface area contributed by atoms with Crippen molar-refractivity contribution in [3.8, 4) is 11.3 Å².